The van der Waals surface area contributed by atoms with Crippen LogP contribution < -0.4 is 20.7 Å². The smallest absolute Gasteiger partial charge is 0.278 e. The molecule has 4 rings (SSSR count). The van der Waals surface area contributed by atoms with E-state index < -0.39 is 16.6 Å². The number of hydrogen-bond donors (Lipinski definition) is 0. The van der Waals surface area contributed by atoms with E-state index in [0.717, 1.165) is 0 Å². The molecule has 31 heavy (non-hydrogen) atoms. The van der Waals surface area contributed by atoms with Crippen LogP contribution in [0.1, 0.15) is 11.1 Å². The topological polar surface area (TPSA) is 9.23 Å². The fourth-order valence-electron chi connectivity index (χ4n) is 4.41. The van der Waals surface area contributed by atoms with Crippen molar-refractivity contribution in [1.29, 1.82) is 0 Å². The largest absolute Gasteiger partial charge is 0.442 e. The highest BCUT2D eigenvalue weighted by atomic mass is 28.4. The molecule has 0 saturated carbocycles. The van der Waals surface area contributed by atoms with Gasteiger partial charge in [0.05, 0.1) is 0 Å². The van der Waals surface area contributed by atoms with E-state index >= 15 is 0 Å². The van der Waals surface area contributed by atoms with Crippen molar-refractivity contribution in [3.05, 3.63) is 120 Å². The Morgan fingerprint density at radius 1 is 0.516 bits per heavy atom. The summed E-state index contributed by atoms with van der Waals surface area (Å²) in [6.07, 6.45) is 0. The molecule has 3 heteroatoms. The lowest BCUT2D eigenvalue weighted by molar-refractivity contribution is 0.586. The van der Waals surface area contributed by atoms with Crippen LogP contribution in [0.4, 0.5) is 0 Å². The van der Waals surface area contributed by atoms with E-state index in [1.54, 1.807) is 0 Å². The molecule has 0 aromatic heterocycles. The Morgan fingerprint density at radius 2 is 0.968 bits per heavy atom. The van der Waals surface area contributed by atoms with Crippen LogP contribution in [-0.4, -0.2) is 16.6 Å². The summed E-state index contributed by atoms with van der Waals surface area (Å²) in [6.45, 7) is 9.12. The molecule has 156 valence electrons. The van der Waals surface area contributed by atoms with Gasteiger partial charge < -0.3 is 4.12 Å². The first kappa shape index (κ1) is 21.5. The highest BCUT2D eigenvalue weighted by molar-refractivity contribution is 7.12. The Morgan fingerprint density at radius 3 is 1.45 bits per heavy atom. The molecule has 1 nitrogen and oxygen atoms in total. The molecule has 0 aliphatic carbocycles. The monoisotopic (exact) mass is 438 g/mol. The Balaban J connectivity index is 2.05. The summed E-state index contributed by atoms with van der Waals surface area (Å²) < 4.78 is 7.58. The molecule has 0 bridgehead atoms. The summed E-state index contributed by atoms with van der Waals surface area (Å²) in [6, 6.07) is 39.3. The van der Waals surface area contributed by atoms with E-state index in [-0.39, 0.29) is 0 Å². The van der Waals surface area contributed by atoms with Gasteiger partial charge in [-0.25, -0.2) is 0 Å². The van der Waals surface area contributed by atoms with Gasteiger partial charge >= 0.3 is 0 Å². The minimum Gasteiger partial charge on any atom is -0.442 e. The summed E-state index contributed by atoms with van der Waals surface area (Å²) in [5.74, 6) is 0. The molecule has 4 aromatic rings. The van der Waals surface area contributed by atoms with Crippen LogP contribution in [0.3, 0.4) is 0 Å². The van der Waals surface area contributed by atoms with E-state index in [1.807, 2.05) is 0 Å². The maximum Gasteiger partial charge on any atom is 0.278 e. The Bertz CT molecular complexity index is 1100. The predicted molar refractivity (Wildman–Crippen MR) is 138 cm³/mol. The minimum absolute atomic E-state index is 1.30. The highest BCUT2D eigenvalue weighted by Gasteiger charge is 2.47. The molecule has 0 aliphatic rings. The quantitative estimate of drug-likeness (QED) is 0.320. The van der Waals surface area contributed by atoms with Gasteiger partial charge in [0, 0.05) is 0 Å². The van der Waals surface area contributed by atoms with Crippen LogP contribution in [0, 0.1) is 13.8 Å². The van der Waals surface area contributed by atoms with Crippen LogP contribution in [0.15, 0.2) is 109 Å². The van der Waals surface area contributed by atoms with Crippen molar-refractivity contribution >= 4 is 37.4 Å². The van der Waals surface area contributed by atoms with Crippen LogP contribution in [0.2, 0.25) is 13.1 Å². The van der Waals surface area contributed by atoms with Gasteiger partial charge in [0.25, 0.3) is 8.32 Å². The maximum absolute atomic E-state index is 7.58. The maximum atomic E-state index is 7.58. The van der Waals surface area contributed by atoms with Crippen molar-refractivity contribution in [1.82, 2.24) is 0 Å². The average Bonchev–Trinajstić information content (AvgIpc) is 2.81. The molecular formula is C28H30OSi2. The molecule has 0 saturated heterocycles. The third-order valence-corrected chi connectivity index (χ3v) is 14.8. The Hall–Kier alpha value is -2.73. The van der Waals surface area contributed by atoms with Crippen LogP contribution >= 0.6 is 0 Å². The molecule has 0 heterocycles. The van der Waals surface area contributed by atoms with Crippen molar-refractivity contribution < 1.29 is 4.12 Å². The summed E-state index contributed by atoms with van der Waals surface area (Å²) in [5, 5.41) is 5.27. The van der Waals surface area contributed by atoms with Crippen molar-refractivity contribution in [3.8, 4) is 0 Å². The van der Waals surface area contributed by atoms with Crippen molar-refractivity contribution in [2.75, 3.05) is 0 Å². The van der Waals surface area contributed by atoms with Crippen molar-refractivity contribution in [2.45, 2.75) is 26.9 Å². The minimum atomic E-state index is -2.76. The van der Waals surface area contributed by atoms with Crippen LogP contribution in [0.5, 0.6) is 0 Å². The van der Waals surface area contributed by atoms with Gasteiger partial charge in [0.1, 0.15) is 0 Å². The molecule has 0 fully saturated rings. The summed E-state index contributed by atoms with van der Waals surface area (Å²) in [7, 11) is -5.00. The van der Waals surface area contributed by atoms with Gasteiger partial charge in [-0.3, -0.25) is 0 Å². The van der Waals surface area contributed by atoms with Gasteiger partial charge in [-0.15, -0.1) is 0 Å². The number of rotatable bonds is 6. The molecular weight excluding hydrogens is 408 g/mol. The molecule has 0 atom stereocenters. The lowest BCUT2D eigenvalue weighted by atomic mass is 10.1. The van der Waals surface area contributed by atoms with Crippen molar-refractivity contribution in [3.63, 3.8) is 0 Å². The first-order chi connectivity index (χ1) is 14.9. The second kappa shape index (κ2) is 8.79. The standard InChI is InChI=1S/C28H30OSi2/c1-23-15-14-22-28(24(23)2)31(26-18-10-6-11-19-26,27-20-12-7-13-21-27)29-30(3,4)25-16-8-5-9-17-25/h5-22H,1-4H3. The fraction of sp³-hybridized carbons (Fsp3) is 0.143. The Kier molecular flexibility index (Phi) is 6.10. The third kappa shape index (κ3) is 4.09. The molecule has 0 amide bonds. The van der Waals surface area contributed by atoms with Crippen molar-refractivity contribution in [2.24, 2.45) is 0 Å². The lowest BCUT2D eigenvalue weighted by Crippen LogP contribution is -2.74. The van der Waals surface area contributed by atoms with Gasteiger partial charge in [-0.1, -0.05) is 109 Å². The second-order valence-corrected chi connectivity index (χ2v) is 16.1. The predicted octanol–water partition coefficient (Wildman–Crippen LogP) is 4.40. The molecule has 0 N–H and O–H groups in total. The third-order valence-electron chi connectivity index (χ3n) is 6.22. The fourth-order valence-corrected chi connectivity index (χ4v) is 13.7. The lowest BCUT2D eigenvalue weighted by Gasteiger charge is -2.41. The van der Waals surface area contributed by atoms with E-state index in [0.29, 0.717) is 0 Å². The zero-order valence-electron chi connectivity index (χ0n) is 18.8. The van der Waals surface area contributed by atoms with Gasteiger partial charge in [-0.05, 0) is 58.8 Å². The van der Waals surface area contributed by atoms with Gasteiger partial charge in [0.2, 0.25) is 8.32 Å². The second-order valence-electron chi connectivity index (χ2n) is 8.64. The van der Waals surface area contributed by atoms with E-state index in [4.69, 9.17) is 4.12 Å². The van der Waals surface area contributed by atoms with Gasteiger partial charge in [0.15, 0.2) is 0 Å². The number of aryl methyl sites for hydroxylation is 1. The molecule has 0 unspecified atom stereocenters. The molecule has 4 aromatic carbocycles. The number of hydrogen-bond acceptors (Lipinski definition) is 1. The van der Waals surface area contributed by atoms with Crippen LogP contribution in [-0.2, 0) is 4.12 Å². The summed E-state index contributed by atoms with van der Waals surface area (Å²) >= 11 is 0. The summed E-state index contributed by atoms with van der Waals surface area (Å²) in [4.78, 5) is 0. The normalized spacial score (nSPS) is 12.0. The zero-order valence-corrected chi connectivity index (χ0v) is 20.8. The Labute approximate surface area is 188 Å². The SMILES string of the molecule is Cc1cccc([Si](O[Si](C)(C)c2ccccc2)(c2ccccc2)c2ccccc2)c1C. The van der Waals surface area contributed by atoms with Crippen LogP contribution in [0.25, 0.3) is 0 Å². The summed E-state index contributed by atoms with van der Waals surface area (Å²) in [5.41, 5.74) is 2.64. The highest BCUT2D eigenvalue weighted by Crippen LogP contribution is 2.19. The number of benzene rings is 4. The van der Waals surface area contributed by atoms with Gasteiger partial charge in [-0.2, -0.15) is 0 Å². The van der Waals surface area contributed by atoms with E-state index in [1.165, 1.54) is 31.9 Å². The molecule has 0 spiro atoms. The molecule has 0 radical (unpaired) electrons. The molecule has 0 aliphatic heterocycles. The zero-order chi connectivity index (χ0) is 21.9. The average molecular weight is 439 g/mol. The van der Waals surface area contributed by atoms with E-state index in [2.05, 4.69) is 136 Å². The first-order valence-corrected chi connectivity index (χ1v) is 15.7. The first-order valence-electron chi connectivity index (χ1n) is 10.9. The van der Waals surface area contributed by atoms with E-state index in [9.17, 15) is 0 Å².